The molecule has 0 saturated heterocycles. The van der Waals surface area contributed by atoms with Crippen LogP contribution in [0.3, 0.4) is 0 Å². The van der Waals surface area contributed by atoms with Gasteiger partial charge in [-0.3, -0.25) is 0 Å². The van der Waals surface area contributed by atoms with Crippen molar-refractivity contribution in [1.29, 1.82) is 0 Å². The maximum Gasteiger partial charge on any atom is 0.232 e. The van der Waals surface area contributed by atoms with Gasteiger partial charge in [0.2, 0.25) is 5.71 Å². The van der Waals surface area contributed by atoms with Gasteiger partial charge in [0.15, 0.2) is 11.5 Å². The van der Waals surface area contributed by atoms with E-state index < -0.39 is 0 Å². The number of furan rings is 3. The van der Waals surface area contributed by atoms with Gasteiger partial charge in [-0.05, 0) is 24.3 Å². The van der Waals surface area contributed by atoms with Crippen LogP contribution in [0, 0.1) is 0 Å². The van der Waals surface area contributed by atoms with Crippen molar-refractivity contribution in [3.8, 4) is 22.8 Å². The Morgan fingerprint density at radius 1 is 1.04 bits per heavy atom. The van der Waals surface area contributed by atoms with Crippen molar-refractivity contribution in [2.45, 2.75) is 0 Å². The Bertz CT molecular complexity index is 956. The summed E-state index contributed by atoms with van der Waals surface area (Å²) in [5.41, 5.74) is 1.28. The van der Waals surface area contributed by atoms with Crippen molar-refractivity contribution in [1.82, 2.24) is 9.97 Å². The first-order chi connectivity index (χ1) is 12.2. The molecule has 0 aromatic carbocycles. The summed E-state index contributed by atoms with van der Waals surface area (Å²) >= 11 is 0. The molecule has 4 aromatic heterocycles. The highest BCUT2D eigenvalue weighted by Gasteiger charge is 2.25. The van der Waals surface area contributed by atoms with Crippen LogP contribution >= 0.6 is 0 Å². The Balaban J connectivity index is 1.88. The molecule has 7 heteroatoms. The highest BCUT2D eigenvalue weighted by Crippen LogP contribution is 2.42. The quantitative estimate of drug-likeness (QED) is 0.561. The normalized spacial score (nSPS) is 11.5. The molecule has 0 bridgehead atoms. The third-order valence-corrected chi connectivity index (χ3v) is 3.92. The number of fused-ring (bicyclic) bond motifs is 1. The van der Waals surface area contributed by atoms with Crippen molar-refractivity contribution < 1.29 is 18.2 Å². The Hall–Kier alpha value is -3.06. The van der Waals surface area contributed by atoms with Crippen LogP contribution in [-0.4, -0.2) is 37.2 Å². The zero-order valence-electron chi connectivity index (χ0n) is 14.1. The predicted molar refractivity (Wildman–Crippen MR) is 93.4 cm³/mol. The Morgan fingerprint density at radius 2 is 1.80 bits per heavy atom. The fraction of sp³-hybridized carbons (Fsp3) is 0.222. The van der Waals surface area contributed by atoms with Gasteiger partial charge in [0.1, 0.15) is 17.9 Å². The minimum atomic E-state index is 0.493. The van der Waals surface area contributed by atoms with Crippen molar-refractivity contribution in [3.63, 3.8) is 0 Å². The lowest BCUT2D eigenvalue weighted by Crippen LogP contribution is -3.06. The standard InChI is InChI=1S/C18H18N4O3/c1-22(2)8-7-19-17-15-14(12-5-3-9-23-12)16(13-6-4-10-24-13)25-18(15)21-11-20-17/h3-6,9-11H,7-8H2,1-2H3,(H,19,20,21)/p+1. The molecule has 2 N–H and O–H groups in total. The highest BCUT2D eigenvalue weighted by atomic mass is 16.4. The number of hydrogen-bond donors (Lipinski definition) is 2. The van der Waals surface area contributed by atoms with Crippen molar-refractivity contribution in [2.75, 3.05) is 32.5 Å². The van der Waals surface area contributed by atoms with Gasteiger partial charge in [-0.25, -0.2) is 9.97 Å². The first-order valence-corrected chi connectivity index (χ1v) is 8.12. The van der Waals surface area contributed by atoms with Gasteiger partial charge < -0.3 is 23.5 Å². The second kappa shape index (κ2) is 6.45. The zero-order chi connectivity index (χ0) is 17.2. The maximum absolute atomic E-state index is 5.99. The third-order valence-electron chi connectivity index (χ3n) is 3.92. The molecule has 128 valence electrons. The van der Waals surface area contributed by atoms with Crippen LogP contribution in [0.2, 0.25) is 0 Å². The van der Waals surface area contributed by atoms with Gasteiger partial charge in [-0.2, -0.15) is 0 Å². The third kappa shape index (κ3) is 2.89. The number of nitrogens with one attached hydrogen (secondary N) is 2. The summed E-state index contributed by atoms with van der Waals surface area (Å²) in [5, 5.41) is 4.17. The van der Waals surface area contributed by atoms with E-state index in [0.717, 1.165) is 29.9 Å². The summed E-state index contributed by atoms with van der Waals surface area (Å²) in [6.45, 7) is 1.75. The van der Waals surface area contributed by atoms with Gasteiger partial charge in [0.25, 0.3) is 0 Å². The average molecular weight is 339 g/mol. The average Bonchev–Trinajstić information content (AvgIpc) is 3.33. The molecule has 4 heterocycles. The van der Waals surface area contributed by atoms with E-state index in [1.807, 2.05) is 24.3 Å². The SMILES string of the molecule is C[NH+](C)CCNc1ncnc2oc(-c3ccco3)c(-c3ccco3)c12. The van der Waals surface area contributed by atoms with E-state index in [2.05, 4.69) is 29.4 Å². The summed E-state index contributed by atoms with van der Waals surface area (Å²) < 4.78 is 17.2. The molecule has 0 unspecified atom stereocenters. The molecule has 0 aliphatic heterocycles. The number of quaternary nitrogens is 1. The van der Waals surface area contributed by atoms with Gasteiger partial charge in [0, 0.05) is 0 Å². The molecule has 7 nitrogen and oxygen atoms in total. The van der Waals surface area contributed by atoms with Gasteiger partial charge in [-0.15, -0.1) is 0 Å². The second-order valence-corrected chi connectivity index (χ2v) is 6.05. The fourth-order valence-electron chi connectivity index (χ4n) is 2.74. The van der Waals surface area contributed by atoms with E-state index in [1.54, 1.807) is 12.5 Å². The molecular weight excluding hydrogens is 320 g/mol. The van der Waals surface area contributed by atoms with Crippen LogP contribution in [0.1, 0.15) is 0 Å². The smallest absolute Gasteiger partial charge is 0.232 e. The number of likely N-dealkylation sites (N-methyl/N-ethyl adjacent to an activating group) is 1. The largest absolute Gasteiger partial charge is 0.464 e. The highest BCUT2D eigenvalue weighted by molar-refractivity contribution is 6.04. The van der Waals surface area contributed by atoms with Crippen LogP contribution in [0.25, 0.3) is 33.9 Å². The molecule has 0 aliphatic carbocycles. The summed E-state index contributed by atoms with van der Waals surface area (Å²) in [5.74, 6) is 2.60. The molecule has 4 rings (SSSR count). The van der Waals surface area contributed by atoms with Crippen molar-refractivity contribution in [3.05, 3.63) is 43.1 Å². The Morgan fingerprint density at radius 3 is 2.48 bits per heavy atom. The van der Waals surface area contributed by atoms with E-state index >= 15 is 0 Å². The lowest BCUT2D eigenvalue weighted by Gasteiger charge is -2.09. The lowest BCUT2D eigenvalue weighted by atomic mass is 10.1. The number of hydrogen-bond acceptors (Lipinski definition) is 6. The molecular formula is C18H19N4O3+. The molecule has 25 heavy (non-hydrogen) atoms. The number of aromatic nitrogens is 2. The van der Waals surface area contributed by atoms with E-state index in [-0.39, 0.29) is 0 Å². The predicted octanol–water partition coefficient (Wildman–Crippen LogP) is 2.30. The first-order valence-electron chi connectivity index (χ1n) is 8.12. The van der Waals surface area contributed by atoms with E-state index in [9.17, 15) is 0 Å². The fourth-order valence-corrected chi connectivity index (χ4v) is 2.74. The summed E-state index contributed by atoms with van der Waals surface area (Å²) in [7, 11) is 4.22. The van der Waals surface area contributed by atoms with E-state index in [0.29, 0.717) is 23.0 Å². The molecule has 0 amide bonds. The summed E-state index contributed by atoms with van der Waals surface area (Å²) in [6.07, 6.45) is 4.74. The van der Waals surface area contributed by atoms with Gasteiger partial charge in [-0.1, -0.05) is 0 Å². The first kappa shape index (κ1) is 15.5. The lowest BCUT2D eigenvalue weighted by molar-refractivity contribution is -0.856. The number of rotatable bonds is 6. The van der Waals surface area contributed by atoms with Crippen molar-refractivity contribution in [2.24, 2.45) is 0 Å². The Labute approximate surface area is 144 Å². The van der Waals surface area contributed by atoms with Crippen LogP contribution in [0.5, 0.6) is 0 Å². The second-order valence-electron chi connectivity index (χ2n) is 6.05. The summed E-state index contributed by atoms with van der Waals surface area (Å²) in [6, 6.07) is 7.39. The molecule has 0 radical (unpaired) electrons. The molecule has 4 aromatic rings. The van der Waals surface area contributed by atoms with Crippen molar-refractivity contribution >= 4 is 16.9 Å². The monoisotopic (exact) mass is 339 g/mol. The zero-order valence-corrected chi connectivity index (χ0v) is 14.1. The van der Waals surface area contributed by atoms with Crippen LogP contribution in [0.15, 0.2) is 56.4 Å². The van der Waals surface area contributed by atoms with Gasteiger partial charge in [0.05, 0.1) is 50.7 Å². The van der Waals surface area contributed by atoms with Crippen LogP contribution in [-0.2, 0) is 0 Å². The minimum absolute atomic E-state index is 0.493. The number of anilines is 1. The number of nitrogens with zero attached hydrogens (tertiary/aromatic N) is 2. The summed E-state index contributed by atoms with van der Waals surface area (Å²) in [4.78, 5) is 10.0. The molecule has 0 aliphatic rings. The Kier molecular flexibility index (Phi) is 3.99. The minimum Gasteiger partial charge on any atom is -0.464 e. The topological polar surface area (TPSA) is 81.7 Å². The maximum atomic E-state index is 5.99. The van der Waals surface area contributed by atoms with E-state index in [1.165, 1.54) is 11.2 Å². The van der Waals surface area contributed by atoms with Crippen LogP contribution in [0.4, 0.5) is 5.82 Å². The molecule has 0 fully saturated rings. The van der Waals surface area contributed by atoms with Crippen LogP contribution < -0.4 is 10.2 Å². The van der Waals surface area contributed by atoms with E-state index in [4.69, 9.17) is 13.3 Å². The van der Waals surface area contributed by atoms with Gasteiger partial charge >= 0.3 is 0 Å². The molecule has 0 spiro atoms. The molecule has 0 saturated carbocycles. The molecule has 0 atom stereocenters.